The highest BCUT2D eigenvalue weighted by Gasteiger charge is 1.99. The molecule has 0 aliphatic rings. The van der Waals surface area contributed by atoms with Crippen molar-refractivity contribution >= 4 is 33.3 Å². The Bertz CT molecular complexity index is 579. The van der Waals surface area contributed by atoms with E-state index in [4.69, 9.17) is 5.26 Å². The number of benzene rings is 1. The summed E-state index contributed by atoms with van der Waals surface area (Å²) in [4.78, 5) is 8.13. The van der Waals surface area contributed by atoms with E-state index in [0.29, 0.717) is 11.6 Å². The number of aromatic nitrogens is 2. The zero-order chi connectivity index (χ0) is 12.8. The molecule has 0 aliphatic carbocycles. The van der Waals surface area contributed by atoms with Gasteiger partial charge in [-0.05, 0) is 18.2 Å². The predicted octanol–water partition coefficient (Wildman–Crippen LogP) is 2.92. The number of halogens is 1. The molecule has 0 unspecified atom stereocenters. The van der Waals surface area contributed by atoms with Crippen molar-refractivity contribution in [3.63, 3.8) is 0 Å². The molecular formula is C12H10BrN5. The Balaban J connectivity index is 2.12. The summed E-state index contributed by atoms with van der Waals surface area (Å²) in [5.41, 5.74) is 0.925. The Hall–Kier alpha value is -2.13. The van der Waals surface area contributed by atoms with Crippen LogP contribution in [-0.2, 0) is 0 Å². The van der Waals surface area contributed by atoms with Crippen molar-refractivity contribution in [3.8, 4) is 6.07 Å². The lowest BCUT2D eigenvalue weighted by Gasteiger charge is -2.07. The average molecular weight is 304 g/mol. The summed E-state index contributed by atoms with van der Waals surface area (Å²) in [6.07, 6.45) is 1.44. The maximum atomic E-state index is 8.49. The van der Waals surface area contributed by atoms with Gasteiger partial charge in [0.05, 0.1) is 6.07 Å². The van der Waals surface area contributed by atoms with Gasteiger partial charge < -0.3 is 10.6 Å². The third-order valence-electron chi connectivity index (χ3n) is 2.11. The van der Waals surface area contributed by atoms with Crippen LogP contribution in [0.2, 0.25) is 0 Å². The minimum Gasteiger partial charge on any atom is -0.357 e. The molecule has 0 fully saturated rings. The van der Waals surface area contributed by atoms with Crippen molar-refractivity contribution in [2.45, 2.75) is 0 Å². The summed E-state index contributed by atoms with van der Waals surface area (Å²) in [5.74, 6) is 1.28. The van der Waals surface area contributed by atoms with E-state index >= 15 is 0 Å². The fourth-order valence-electron chi connectivity index (χ4n) is 1.37. The fourth-order valence-corrected chi connectivity index (χ4v) is 1.77. The van der Waals surface area contributed by atoms with E-state index in [9.17, 15) is 0 Å². The Labute approximate surface area is 113 Å². The number of nitrogens with zero attached hydrogens (tertiary/aromatic N) is 3. The van der Waals surface area contributed by atoms with Gasteiger partial charge in [-0.25, -0.2) is 9.97 Å². The Morgan fingerprint density at radius 1 is 1.22 bits per heavy atom. The molecule has 0 saturated heterocycles. The van der Waals surface area contributed by atoms with Crippen molar-refractivity contribution in [1.82, 2.24) is 9.97 Å². The van der Waals surface area contributed by atoms with E-state index in [1.807, 2.05) is 30.3 Å². The number of anilines is 3. The van der Waals surface area contributed by atoms with E-state index in [1.54, 1.807) is 6.07 Å². The van der Waals surface area contributed by atoms with E-state index in [-0.39, 0.29) is 6.54 Å². The largest absolute Gasteiger partial charge is 0.357 e. The Kier molecular flexibility index (Phi) is 4.10. The Morgan fingerprint density at radius 3 is 2.83 bits per heavy atom. The van der Waals surface area contributed by atoms with Gasteiger partial charge >= 0.3 is 0 Å². The van der Waals surface area contributed by atoms with Crippen LogP contribution in [0.5, 0.6) is 0 Å². The minimum atomic E-state index is 0.216. The first-order valence-electron chi connectivity index (χ1n) is 5.23. The molecule has 1 aromatic carbocycles. The number of hydrogen-bond donors (Lipinski definition) is 2. The molecule has 2 rings (SSSR count). The van der Waals surface area contributed by atoms with Crippen molar-refractivity contribution in [3.05, 3.63) is 41.1 Å². The normalized spacial score (nSPS) is 9.56. The number of nitriles is 1. The summed E-state index contributed by atoms with van der Waals surface area (Å²) >= 11 is 3.40. The third-order valence-corrected chi connectivity index (χ3v) is 2.61. The first-order valence-corrected chi connectivity index (χ1v) is 6.03. The second kappa shape index (κ2) is 5.98. The first-order chi connectivity index (χ1) is 8.78. The lowest BCUT2D eigenvalue weighted by Crippen LogP contribution is -2.02. The highest BCUT2D eigenvalue weighted by Crippen LogP contribution is 2.19. The van der Waals surface area contributed by atoms with Gasteiger partial charge in [0.2, 0.25) is 0 Å². The van der Waals surface area contributed by atoms with Crippen molar-refractivity contribution in [1.29, 1.82) is 5.26 Å². The van der Waals surface area contributed by atoms with E-state index in [0.717, 1.165) is 10.2 Å². The van der Waals surface area contributed by atoms with Gasteiger partial charge in [0.25, 0.3) is 0 Å². The fraction of sp³-hybridized carbons (Fsp3) is 0.0833. The van der Waals surface area contributed by atoms with Crippen LogP contribution >= 0.6 is 15.9 Å². The number of nitrogens with one attached hydrogen (secondary N) is 2. The second-order valence-electron chi connectivity index (χ2n) is 3.44. The monoisotopic (exact) mass is 303 g/mol. The van der Waals surface area contributed by atoms with Crippen LogP contribution < -0.4 is 10.6 Å². The molecule has 90 valence electrons. The highest BCUT2D eigenvalue weighted by molar-refractivity contribution is 9.10. The van der Waals surface area contributed by atoms with Crippen molar-refractivity contribution < 1.29 is 0 Å². The summed E-state index contributed by atoms with van der Waals surface area (Å²) in [6.45, 7) is 0.216. The molecular weight excluding hydrogens is 294 g/mol. The molecule has 0 atom stereocenters. The zero-order valence-electron chi connectivity index (χ0n) is 9.39. The zero-order valence-corrected chi connectivity index (χ0v) is 11.0. The molecule has 2 aromatic rings. The number of rotatable bonds is 4. The quantitative estimate of drug-likeness (QED) is 0.850. The van der Waals surface area contributed by atoms with Crippen LogP contribution in [0.4, 0.5) is 17.3 Å². The second-order valence-corrected chi connectivity index (χ2v) is 4.35. The van der Waals surface area contributed by atoms with Crippen molar-refractivity contribution in [2.75, 3.05) is 17.2 Å². The maximum Gasteiger partial charge on any atom is 0.135 e. The van der Waals surface area contributed by atoms with Gasteiger partial charge in [-0.2, -0.15) is 5.26 Å². The Morgan fingerprint density at radius 2 is 2.06 bits per heavy atom. The molecule has 0 bridgehead atoms. The third kappa shape index (κ3) is 3.43. The van der Waals surface area contributed by atoms with Gasteiger partial charge in [0.1, 0.15) is 24.5 Å². The van der Waals surface area contributed by atoms with Crippen LogP contribution in [0.25, 0.3) is 0 Å². The van der Waals surface area contributed by atoms with Crippen LogP contribution in [-0.4, -0.2) is 16.5 Å². The van der Waals surface area contributed by atoms with Gasteiger partial charge in [0, 0.05) is 16.2 Å². The van der Waals surface area contributed by atoms with Gasteiger partial charge in [0.15, 0.2) is 0 Å². The molecule has 0 amide bonds. The summed E-state index contributed by atoms with van der Waals surface area (Å²) in [7, 11) is 0. The van der Waals surface area contributed by atoms with E-state index < -0.39 is 0 Å². The smallest absolute Gasteiger partial charge is 0.135 e. The summed E-state index contributed by atoms with van der Waals surface area (Å²) < 4.78 is 0.990. The number of hydrogen-bond acceptors (Lipinski definition) is 5. The van der Waals surface area contributed by atoms with Crippen molar-refractivity contribution in [2.24, 2.45) is 0 Å². The standard InChI is InChI=1S/C12H10BrN5/c13-9-2-1-3-10(6-9)18-12-7-11(15-5-4-14)16-8-17-12/h1-3,6-8H,5H2,(H2,15,16,17,18). The first kappa shape index (κ1) is 12.3. The summed E-state index contributed by atoms with van der Waals surface area (Å²) in [6, 6.07) is 11.5. The SMILES string of the molecule is N#CCNc1cc(Nc2cccc(Br)c2)ncn1. The van der Waals surface area contributed by atoms with Gasteiger partial charge in [-0.15, -0.1) is 0 Å². The highest BCUT2D eigenvalue weighted by atomic mass is 79.9. The molecule has 5 nitrogen and oxygen atoms in total. The molecule has 0 radical (unpaired) electrons. The average Bonchev–Trinajstić information content (AvgIpc) is 2.37. The molecule has 1 aromatic heterocycles. The van der Waals surface area contributed by atoms with Gasteiger partial charge in [-0.3, -0.25) is 0 Å². The lowest BCUT2D eigenvalue weighted by atomic mass is 10.3. The van der Waals surface area contributed by atoms with Crippen LogP contribution in [0.1, 0.15) is 0 Å². The van der Waals surface area contributed by atoms with Crippen LogP contribution in [0.15, 0.2) is 41.1 Å². The lowest BCUT2D eigenvalue weighted by molar-refractivity contribution is 1.14. The maximum absolute atomic E-state index is 8.49. The minimum absolute atomic E-state index is 0.216. The van der Waals surface area contributed by atoms with Crippen LogP contribution in [0.3, 0.4) is 0 Å². The van der Waals surface area contributed by atoms with E-state index in [2.05, 4.69) is 36.5 Å². The van der Waals surface area contributed by atoms with E-state index in [1.165, 1.54) is 6.33 Å². The van der Waals surface area contributed by atoms with Gasteiger partial charge in [-0.1, -0.05) is 22.0 Å². The molecule has 18 heavy (non-hydrogen) atoms. The summed E-state index contributed by atoms with van der Waals surface area (Å²) in [5, 5.41) is 14.5. The molecule has 0 saturated carbocycles. The van der Waals surface area contributed by atoms with Crippen LogP contribution in [0, 0.1) is 11.3 Å². The molecule has 0 spiro atoms. The predicted molar refractivity (Wildman–Crippen MR) is 73.6 cm³/mol. The molecule has 1 heterocycles. The molecule has 6 heteroatoms. The molecule has 0 aliphatic heterocycles. The molecule has 2 N–H and O–H groups in total. The topological polar surface area (TPSA) is 73.6 Å².